The van der Waals surface area contributed by atoms with Gasteiger partial charge in [-0.2, -0.15) is 10.2 Å². The topological polar surface area (TPSA) is 88.5 Å². The van der Waals surface area contributed by atoms with Crippen molar-refractivity contribution in [3.8, 4) is 0 Å². The van der Waals surface area contributed by atoms with Gasteiger partial charge in [0.15, 0.2) is 0 Å². The van der Waals surface area contributed by atoms with Crippen molar-refractivity contribution in [2.45, 2.75) is 13.5 Å². The van der Waals surface area contributed by atoms with Gasteiger partial charge in [0.25, 0.3) is 5.91 Å². The molecule has 0 radical (unpaired) electrons. The Bertz CT molecular complexity index is 445. The molecular formula is C8H10N6O. The summed E-state index contributed by atoms with van der Waals surface area (Å²) in [4.78, 5) is 15.2. The molecule has 0 unspecified atom stereocenters. The third-order valence-electron chi connectivity index (χ3n) is 1.85. The molecule has 2 heterocycles. The van der Waals surface area contributed by atoms with Crippen molar-refractivity contribution in [1.29, 1.82) is 0 Å². The van der Waals surface area contributed by atoms with Crippen LogP contribution in [0.1, 0.15) is 17.5 Å². The van der Waals surface area contributed by atoms with E-state index in [1.165, 1.54) is 6.33 Å². The molecular weight excluding hydrogens is 196 g/mol. The Morgan fingerprint density at radius 1 is 1.67 bits per heavy atom. The van der Waals surface area contributed by atoms with E-state index in [4.69, 9.17) is 0 Å². The van der Waals surface area contributed by atoms with Gasteiger partial charge >= 0.3 is 0 Å². The molecule has 2 aromatic rings. The maximum atomic E-state index is 11.5. The molecule has 78 valence electrons. The number of carbonyl (C=O) groups is 1. The van der Waals surface area contributed by atoms with Gasteiger partial charge in [0.1, 0.15) is 6.33 Å². The fraction of sp³-hybridized carbons (Fsp3) is 0.250. The Balaban J connectivity index is 2.06. The van der Waals surface area contributed by atoms with Crippen LogP contribution in [0.3, 0.4) is 0 Å². The third kappa shape index (κ3) is 2.01. The molecule has 1 amide bonds. The first-order chi connectivity index (χ1) is 7.29. The highest BCUT2D eigenvalue weighted by atomic mass is 16.2. The summed E-state index contributed by atoms with van der Waals surface area (Å²) in [7, 11) is 0. The molecule has 0 saturated heterocycles. The number of H-pyrrole nitrogens is 1. The summed E-state index contributed by atoms with van der Waals surface area (Å²) < 4.78 is 1.72. The fourth-order valence-electron chi connectivity index (χ4n) is 1.11. The van der Waals surface area contributed by atoms with Crippen molar-refractivity contribution in [2.75, 3.05) is 5.32 Å². The molecule has 0 aliphatic rings. The average Bonchev–Trinajstić information content (AvgIpc) is 2.87. The van der Waals surface area contributed by atoms with Gasteiger partial charge in [-0.05, 0) is 6.92 Å². The van der Waals surface area contributed by atoms with E-state index in [1.807, 2.05) is 6.92 Å². The molecule has 7 nitrogen and oxygen atoms in total. The molecule has 2 aromatic heterocycles. The number of aromatic amines is 1. The predicted molar refractivity (Wildman–Crippen MR) is 52.2 cm³/mol. The second-order valence-corrected chi connectivity index (χ2v) is 2.87. The number of hydrogen-bond acceptors (Lipinski definition) is 4. The Morgan fingerprint density at radius 2 is 2.53 bits per heavy atom. The molecule has 7 heteroatoms. The zero-order chi connectivity index (χ0) is 10.7. The number of hydrogen-bond donors (Lipinski definition) is 2. The summed E-state index contributed by atoms with van der Waals surface area (Å²) in [5, 5.41) is 12.7. The quantitative estimate of drug-likeness (QED) is 0.754. The summed E-state index contributed by atoms with van der Waals surface area (Å²) in [6.45, 7) is 2.73. The van der Waals surface area contributed by atoms with E-state index in [0.717, 1.165) is 6.54 Å². The molecule has 0 aliphatic carbocycles. The molecule has 0 aromatic carbocycles. The zero-order valence-electron chi connectivity index (χ0n) is 8.14. The van der Waals surface area contributed by atoms with Crippen molar-refractivity contribution >= 4 is 11.6 Å². The third-order valence-corrected chi connectivity index (χ3v) is 1.85. The average molecular weight is 206 g/mol. The van der Waals surface area contributed by atoms with Crippen LogP contribution in [0.2, 0.25) is 0 Å². The number of aromatic nitrogens is 5. The molecule has 0 bridgehead atoms. The van der Waals surface area contributed by atoms with Gasteiger partial charge in [-0.25, -0.2) is 4.98 Å². The predicted octanol–water partition coefficient (Wildman–Crippen LogP) is 0.273. The first kappa shape index (κ1) is 9.38. The van der Waals surface area contributed by atoms with Crippen molar-refractivity contribution in [3.05, 3.63) is 24.5 Å². The number of rotatable bonds is 3. The Hall–Kier alpha value is -2.18. The van der Waals surface area contributed by atoms with Gasteiger partial charge in [-0.15, -0.1) is 0 Å². The standard InChI is InChI=1S/C8H10N6O/c1-2-14-4-6(3-11-14)12-8(15)7-9-5-10-13-7/h3-5H,2H2,1H3,(H,12,15)(H,9,10,13). The zero-order valence-corrected chi connectivity index (χ0v) is 8.14. The van der Waals surface area contributed by atoms with Gasteiger partial charge in [-0.1, -0.05) is 0 Å². The maximum absolute atomic E-state index is 11.5. The van der Waals surface area contributed by atoms with Crippen LogP contribution in [0.5, 0.6) is 0 Å². The molecule has 0 spiro atoms. The molecule has 15 heavy (non-hydrogen) atoms. The summed E-state index contributed by atoms with van der Waals surface area (Å²) >= 11 is 0. The van der Waals surface area contributed by atoms with Gasteiger partial charge < -0.3 is 5.32 Å². The van der Waals surface area contributed by atoms with Crippen LogP contribution in [0.4, 0.5) is 5.69 Å². The summed E-state index contributed by atoms with van der Waals surface area (Å²) in [6, 6.07) is 0. The smallest absolute Gasteiger partial charge is 0.293 e. The van der Waals surface area contributed by atoms with E-state index >= 15 is 0 Å². The lowest BCUT2D eigenvalue weighted by molar-refractivity contribution is 0.101. The normalized spacial score (nSPS) is 10.2. The number of nitrogens with zero attached hydrogens (tertiary/aromatic N) is 4. The van der Waals surface area contributed by atoms with Gasteiger partial charge in [0.2, 0.25) is 5.82 Å². The number of nitrogens with one attached hydrogen (secondary N) is 2. The van der Waals surface area contributed by atoms with Crippen molar-refractivity contribution < 1.29 is 4.79 Å². The van der Waals surface area contributed by atoms with E-state index in [2.05, 4.69) is 25.6 Å². The Kier molecular flexibility index (Phi) is 2.44. The Labute approximate surface area is 85.5 Å². The Morgan fingerprint density at radius 3 is 3.13 bits per heavy atom. The maximum Gasteiger partial charge on any atom is 0.293 e. The van der Waals surface area contributed by atoms with Crippen LogP contribution in [0.15, 0.2) is 18.7 Å². The number of anilines is 1. The number of carbonyl (C=O) groups excluding carboxylic acids is 1. The minimum atomic E-state index is -0.330. The highest BCUT2D eigenvalue weighted by Crippen LogP contribution is 2.05. The van der Waals surface area contributed by atoms with Crippen LogP contribution in [0, 0.1) is 0 Å². The van der Waals surface area contributed by atoms with Crippen LogP contribution in [0.25, 0.3) is 0 Å². The summed E-state index contributed by atoms with van der Waals surface area (Å²) in [5.74, 6) is -0.151. The minimum Gasteiger partial charge on any atom is -0.317 e. The lowest BCUT2D eigenvalue weighted by atomic mass is 10.5. The largest absolute Gasteiger partial charge is 0.317 e. The van der Waals surface area contributed by atoms with Crippen LogP contribution in [-0.2, 0) is 6.54 Å². The van der Waals surface area contributed by atoms with Gasteiger partial charge in [0.05, 0.1) is 11.9 Å². The summed E-state index contributed by atoms with van der Waals surface area (Å²) in [5.41, 5.74) is 0.637. The second kappa shape index (κ2) is 3.91. The van der Waals surface area contributed by atoms with E-state index in [9.17, 15) is 4.79 Å². The first-order valence-electron chi connectivity index (χ1n) is 4.48. The van der Waals surface area contributed by atoms with Crippen molar-refractivity contribution in [1.82, 2.24) is 25.0 Å². The molecule has 0 aliphatic heterocycles. The highest BCUT2D eigenvalue weighted by Gasteiger charge is 2.09. The van der Waals surface area contributed by atoms with Crippen molar-refractivity contribution in [3.63, 3.8) is 0 Å². The van der Waals surface area contributed by atoms with Gasteiger partial charge in [-0.3, -0.25) is 14.6 Å². The molecule has 0 fully saturated rings. The van der Waals surface area contributed by atoms with Crippen molar-refractivity contribution in [2.24, 2.45) is 0 Å². The van der Waals surface area contributed by atoms with E-state index in [0.29, 0.717) is 5.69 Å². The lowest BCUT2D eigenvalue weighted by Crippen LogP contribution is -2.13. The fourth-order valence-corrected chi connectivity index (χ4v) is 1.11. The van der Waals surface area contributed by atoms with E-state index < -0.39 is 0 Å². The SMILES string of the molecule is CCn1cc(NC(=O)c2ncn[nH]2)cn1. The number of amides is 1. The van der Waals surface area contributed by atoms with E-state index in [1.54, 1.807) is 17.1 Å². The molecule has 0 saturated carbocycles. The molecule has 0 atom stereocenters. The van der Waals surface area contributed by atoms with Gasteiger partial charge in [0, 0.05) is 12.7 Å². The monoisotopic (exact) mass is 206 g/mol. The van der Waals surface area contributed by atoms with E-state index in [-0.39, 0.29) is 11.7 Å². The summed E-state index contributed by atoms with van der Waals surface area (Å²) in [6.07, 6.45) is 4.61. The minimum absolute atomic E-state index is 0.180. The highest BCUT2D eigenvalue weighted by molar-refractivity contribution is 6.01. The van der Waals surface area contributed by atoms with Crippen LogP contribution in [-0.4, -0.2) is 30.9 Å². The molecule has 2 rings (SSSR count). The van der Waals surface area contributed by atoms with Crippen LogP contribution < -0.4 is 5.32 Å². The molecule has 2 N–H and O–H groups in total. The first-order valence-corrected chi connectivity index (χ1v) is 4.48. The second-order valence-electron chi connectivity index (χ2n) is 2.87. The number of aryl methyl sites for hydroxylation is 1. The van der Waals surface area contributed by atoms with Crippen LogP contribution >= 0.6 is 0 Å². The lowest BCUT2D eigenvalue weighted by Gasteiger charge is -1.97.